The topological polar surface area (TPSA) is 35.6 Å². The van der Waals surface area contributed by atoms with Crippen molar-refractivity contribution in [3.8, 4) is 0 Å². The summed E-state index contributed by atoms with van der Waals surface area (Å²) in [5.41, 5.74) is 0. The fraction of sp³-hybridized carbons (Fsp3) is 0.938. The largest absolute Gasteiger partial charge is 0.325 e. The lowest BCUT2D eigenvalue weighted by Gasteiger charge is -2.30. The van der Waals surface area contributed by atoms with E-state index in [-0.39, 0.29) is 18.1 Å². The van der Waals surface area contributed by atoms with Crippen molar-refractivity contribution in [1.82, 2.24) is 15.1 Å². The lowest BCUT2D eigenvalue weighted by atomic mass is 10.1. The summed E-state index contributed by atoms with van der Waals surface area (Å²) in [5, 5.41) is 3.45. The molecule has 2 heterocycles. The van der Waals surface area contributed by atoms with E-state index < -0.39 is 0 Å². The SMILES string of the molecule is CC(C)CC1NC(C)C(=O)N1CC(C)CN1CCCC1. The highest BCUT2D eigenvalue weighted by Crippen LogP contribution is 2.20. The minimum Gasteiger partial charge on any atom is -0.325 e. The highest BCUT2D eigenvalue weighted by atomic mass is 16.2. The summed E-state index contributed by atoms with van der Waals surface area (Å²) < 4.78 is 0. The van der Waals surface area contributed by atoms with Crippen LogP contribution in [-0.4, -0.2) is 54.1 Å². The van der Waals surface area contributed by atoms with Gasteiger partial charge in [-0.1, -0.05) is 20.8 Å². The molecule has 0 radical (unpaired) electrons. The molecule has 0 aromatic carbocycles. The molecule has 0 saturated carbocycles. The third-order valence-electron chi connectivity index (χ3n) is 4.44. The van der Waals surface area contributed by atoms with Crippen LogP contribution in [0.1, 0.15) is 47.0 Å². The molecule has 0 aliphatic carbocycles. The van der Waals surface area contributed by atoms with Crippen molar-refractivity contribution in [3.63, 3.8) is 0 Å². The van der Waals surface area contributed by atoms with Crippen LogP contribution in [0.15, 0.2) is 0 Å². The second-order valence-electron chi connectivity index (χ2n) is 7.14. The van der Waals surface area contributed by atoms with Crippen molar-refractivity contribution in [2.75, 3.05) is 26.2 Å². The van der Waals surface area contributed by atoms with Gasteiger partial charge < -0.3 is 9.80 Å². The Morgan fingerprint density at radius 1 is 1.20 bits per heavy atom. The second kappa shape index (κ2) is 6.90. The van der Waals surface area contributed by atoms with Gasteiger partial charge in [-0.3, -0.25) is 10.1 Å². The highest BCUT2D eigenvalue weighted by molar-refractivity contribution is 5.83. The van der Waals surface area contributed by atoms with E-state index in [9.17, 15) is 4.79 Å². The quantitative estimate of drug-likeness (QED) is 0.808. The Hall–Kier alpha value is -0.610. The van der Waals surface area contributed by atoms with Crippen LogP contribution < -0.4 is 5.32 Å². The number of carbonyl (C=O) groups is 1. The summed E-state index contributed by atoms with van der Waals surface area (Å²) in [6, 6.07) is -0.0160. The monoisotopic (exact) mass is 281 g/mol. The maximum Gasteiger partial charge on any atom is 0.240 e. The average molecular weight is 281 g/mol. The number of amides is 1. The van der Waals surface area contributed by atoms with Gasteiger partial charge in [0.15, 0.2) is 0 Å². The van der Waals surface area contributed by atoms with Gasteiger partial charge in [0, 0.05) is 13.1 Å². The number of nitrogens with zero attached hydrogens (tertiary/aromatic N) is 2. The van der Waals surface area contributed by atoms with Gasteiger partial charge >= 0.3 is 0 Å². The van der Waals surface area contributed by atoms with Crippen LogP contribution in [-0.2, 0) is 4.79 Å². The van der Waals surface area contributed by atoms with Gasteiger partial charge in [-0.05, 0) is 51.1 Å². The number of carbonyl (C=O) groups excluding carboxylic acids is 1. The fourth-order valence-electron chi connectivity index (χ4n) is 3.51. The van der Waals surface area contributed by atoms with Crippen LogP contribution in [0.3, 0.4) is 0 Å². The molecule has 2 rings (SSSR count). The van der Waals surface area contributed by atoms with Gasteiger partial charge in [0.05, 0.1) is 12.2 Å². The molecule has 0 bridgehead atoms. The van der Waals surface area contributed by atoms with Gasteiger partial charge in [0.1, 0.15) is 0 Å². The Balaban J connectivity index is 1.88. The molecular weight excluding hydrogens is 250 g/mol. The summed E-state index contributed by atoms with van der Waals surface area (Å²) in [6.45, 7) is 13.2. The van der Waals surface area contributed by atoms with Crippen LogP contribution in [0, 0.1) is 11.8 Å². The van der Waals surface area contributed by atoms with E-state index in [2.05, 4.69) is 35.9 Å². The van der Waals surface area contributed by atoms with Gasteiger partial charge in [0.25, 0.3) is 0 Å². The Bertz CT molecular complexity index is 326. The zero-order chi connectivity index (χ0) is 14.7. The lowest BCUT2D eigenvalue weighted by molar-refractivity contribution is -0.130. The number of likely N-dealkylation sites (tertiary alicyclic amines) is 1. The number of hydrogen-bond donors (Lipinski definition) is 1. The molecule has 2 aliphatic rings. The standard InChI is InChI=1S/C16H31N3O/c1-12(2)9-15-17-14(4)16(20)19(15)11-13(3)10-18-7-5-6-8-18/h12-15,17H,5-11H2,1-4H3. The van der Waals surface area contributed by atoms with Gasteiger partial charge in [0.2, 0.25) is 5.91 Å². The predicted molar refractivity (Wildman–Crippen MR) is 82.4 cm³/mol. The minimum absolute atomic E-state index is 0.0160. The molecule has 1 amide bonds. The van der Waals surface area contributed by atoms with E-state index in [1.54, 1.807) is 0 Å². The van der Waals surface area contributed by atoms with Crippen molar-refractivity contribution in [3.05, 3.63) is 0 Å². The van der Waals surface area contributed by atoms with Crippen molar-refractivity contribution >= 4 is 5.91 Å². The average Bonchev–Trinajstić information content (AvgIpc) is 2.93. The summed E-state index contributed by atoms with van der Waals surface area (Å²) in [5.74, 6) is 1.45. The van der Waals surface area contributed by atoms with E-state index in [0.29, 0.717) is 11.8 Å². The molecule has 2 saturated heterocycles. The summed E-state index contributed by atoms with van der Waals surface area (Å²) in [4.78, 5) is 16.9. The van der Waals surface area contributed by atoms with Crippen LogP contribution in [0.2, 0.25) is 0 Å². The summed E-state index contributed by atoms with van der Waals surface area (Å²) >= 11 is 0. The van der Waals surface area contributed by atoms with Crippen LogP contribution >= 0.6 is 0 Å². The first kappa shape index (κ1) is 15.8. The third-order valence-corrected chi connectivity index (χ3v) is 4.44. The normalized spacial score (nSPS) is 29.6. The molecule has 2 fully saturated rings. The maximum atomic E-state index is 12.3. The van der Waals surface area contributed by atoms with Crippen molar-refractivity contribution in [2.45, 2.75) is 59.2 Å². The predicted octanol–water partition coefficient (Wildman–Crippen LogP) is 1.91. The Labute approximate surface area is 123 Å². The molecule has 1 N–H and O–H groups in total. The van der Waals surface area contributed by atoms with Crippen LogP contribution in [0.4, 0.5) is 0 Å². The number of nitrogens with one attached hydrogen (secondary N) is 1. The zero-order valence-corrected chi connectivity index (χ0v) is 13.6. The van der Waals surface area contributed by atoms with Crippen molar-refractivity contribution in [2.24, 2.45) is 11.8 Å². The third kappa shape index (κ3) is 3.95. The van der Waals surface area contributed by atoms with E-state index in [4.69, 9.17) is 0 Å². The van der Waals surface area contributed by atoms with E-state index in [1.165, 1.54) is 25.9 Å². The first-order valence-electron chi connectivity index (χ1n) is 8.26. The van der Waals surface area contributed by atoms with Crippen molar-refractivity contribution < 1.29 is 4.79 Å². The molecule has 20 heavy (non-hydrogen) atoms. The fourth-order valence-corrected chi connectivity index (χ4v) is 3.51. The maximum absolute atomic E-state index is 12.3. The van der Waals surface area contributed by atoms with Crippen molar-refractivity contribution in [1.29, 1.82) is 0 Å². The van der Waals surface area contributed by atoms with Crippen LogP contribution in [0.5, 0.6) is 0 Å². The molecule has 3 unspecified atom stereocenters. The van der Waals surface area contributed by atoms with E-state index in [1.807, 2.05) is 6.92 Å². The number of hydrogen-bond acceptors (Lipinski definition) is 3. The first-order valence-corrected chi connectivity index (χ1v) is 8.26. The van der Waals surface area contributed by atoms with Gasteiger partial charge in [-0.15, -0.1) is 0 Å². The molecule has 0 aromatic heterocycles. The molecule has 116 valence electrons. The Morgan fingerprint density at radius 2 is 1.85 bits per heavy atom. The summed E-state index contributed by atoms with van der Waals surface area (Å²) in [7, 11) is 0. The van der Waals surface area contributed by atoms with Gasteiger partial charge in [-0.25, -0.2) is 0 Å². The Morgan fingerprint density at radius 3 is 2.45 bits per heavy atom. The lowest BCUT2D eigenvalue weighted by Crippen LogP contribution is -2.42. The highest BCUT2D eigenvalue weighted by Gasteiger charge is 2.36. The van der Waals surface area contributed by atoms with Crippen LogP contribution in [0.25, 0.3) is 0 Å². The number of rotatable bonds is 6. The molecule has 0 aromatic rings. The second-order valence-corrected chi connectivity index (χ2v) is 7.14. The Kier molecular flexibility index (Phi) is 5.44. The smallest absolute Gasteiger partial charge is 0.240 e. The van der Waals surface area contributed by atoms with E-state index in [0.717, 1.165) is 19.5 Å². The molecule has 3 atom stereocenters. The molecule has 2 aliphatic heterocycles. The zero-order valence-electron chi connectivity index (χ0n) is 13.6. The molecule has 4 heteroatoms. The summed E-state index contributed by atoms with van der Waals surface area (Å²) in [6.07, 6.45) is 3.96. The minimum atomic E-state index is -0.0160. The molecular formula is C16H31N3O. The van der Waals surface area contributed by atoms with E-state index >= 15 is 0 Å². The van der Waals surface area contributed by atoms with Gasteiger partial charge in [-0.2, -0.15) is 0 Å². The molecule has 4 nitrogen and oxygen atoms in total. The molecule has 0 spiro atoms. The first-order chi connectivity index (χ1) is 9.47.